The predicted molar refractivity (Wildman–Crippen MR) is 100 cm³/mol. The Balaban J connectivity index is 1.52. The van der Waals surface area contributed by atoms with Crippen LogP contribution in [0, 0.1) is 5.82 Å². The Bertz CT molecular complexity index is 956. The van der Waals surface area contributed by atoms with E-state index in [2.05, 4.69) is 10.5 Å². The highest BCUT2D eigenvalue weighted by atomic mass is 19.1. The maximum atomic E-state index is 13.1. The van der Waals surface area contributed by atoms with Crippen LogP contribution in [0.25, 0.3) is 0 Å². The first-order valence-electron chi connectivity index (χ1n) is 8.20. The van der Waals surface area contributed by atoms with Crippen molar-refractivity contribution < 1.29 is 19.0 Å². The number of amides is 1. The molecule has 0 heterocycles. The minimum absolute atomic E-state index is 0.0143. The van der Waals surface area contributed by atoms with E-state index in [0.29, 0.717) is 11.3 Å². The van der Waals surface area contributed by atoms with Crippen LogP contribution in [0.15, 0.2) is 77.9 Å². The van der Waals surface area contributed by atoms with Crippen molar-refractivity contribution in [3.63, 3.8) is 0 Å². The number of phenolic OH excluding ortho intramolecular Hbond substituents is 1. The fourth-order valence-corrected chi connectivity index (χ4v) is 2.32. The van der Waals surface area contributed by atoms with Crippen molar-refractivity contribution in [3.8, 4) is 11.5 Å². The molecular weight excluding hydrogens is 347 g/mol. The minimum atomic E-state index is -0.419. The number of nitrogens with one attached hydrogen (secondary N) is 1. The first-order chi connectivity index (χ1) is 13.1. The number of ether oxygens (including phenoxy) is 1. The fourth-order valence-electron chi connectivity index (χ4n) is 2.32. The first-order valence-corrected chi connectivity index (χ1v) is 8.20. The maximum absolute atomic E-state index is 13.1. The molecule has 0 atom stereocenters. The lowest BCUT2D eigenvalue weighted by Crippen LogP contribution is -2.17. The maximum Gasteiger partial charge on any atom is 0.271 e. The standard InChI is InChI=1S/C21H17FN2O3/c22-18-5-1-3-16(11-18)14-27-20-9-7-15(8-10-20)13-23-24-21(26)17-4-2-6-19(25)12-17/h1-13,25H,14H2,(H,24,26)/b23-13-. The highest BCUT2D eigenvalue weighted by Crippen LogP contribution is 2.14. The summed E-state index contributed by atoms with van der Waals surface area (Å²) in [6.07, 6.45) is 1.50. The highest BCUT2D eigenvalue weighted by Gasteiger charge is 2.04. The fraction of sp³-hybridized carbons (Fsp3) is 0.0476. The molecule has 0 spiro atoms. The van der Waals surface area contributed by atoms with Crippen molar-refractivity contribution in [2.45, 2.75) is 6.61 Å². The van der Waals surface area contributed by atoms with Crippen LogP contribution in [-0.2, 0) is 6.61 Å². The molecule has 5 nitrogen and oxygen atoms in total. The van der Waals surface area contributed by atoms with Crippen molar-refractivity contribution in [1.29, 1.82) is 0 Å². The van der Waals surface area contributed by atoms with Crippen LogP contribution < -0.4 is 10.2 Å². The van der Waals surface area contributed by atoms with Gasteiger partial charge in [0.15, 0.2) is 0 Å². The molecule has 0 saturated heterocycles. The summed E-state index contributed by atoms with van der Waals surface area (Å²) in [6, 6.07) is 19.3. The molecular formula is C21H17FN2O3. The molecule has 6 heteroatoms. The van der Waals surface area contributed by atoms with Gasteiger partial charge in [0.1, 0.15) is 23.9 Å². The average molecular weight is 364 g/mol. The van der Waals surface area contributed by atoms with E-state index in [1.165, 1.54) is 30.5 Å². The van der Waals surface area contributed by atoms with E-state index < -0.39 is 5.91 Å². The summed E-state index contributed by atoms with van der Waals surface area (Å²) in [5.41, 5.74) is 4.22. The monoisotopic (exact) mass is 364 g/mol. The van der Waals surface area contributed by atoms with Gasteiger partial charge in [-0.1, -0.05) is 18.2 Å². The second-order valence-electron chi connectivity index (χ2n) is 5.74. The molecule has 1 amide bonds. The molecule has 0 unspecified atom stereocenters. The third-order valence-electron chi connectivity index (χ3n) is 3.66. The Hall–Kier alpha value is -3.67. The summed E-state index contributed by atoms with van der Waals surface area (Å²) in [5.74, 6) is -0.0618. The van der Waals surface area contributed by atoms with Crippen molar-refractivity contribution in [3.05, 3.63) is 95.3 Å². The van der Waals surface area contributed by atoms with Crippen LogP contribution >= 0.6 is 0 Å². The summed E-state index contributed by atoms with van der Waals surface area (Å²) in [5, 5.41) is 13.3. The summed E-state index contributed by atoms with van der Waals surface area (Å²) < 4.78 is 18.7. The van der Waals surface area contributed by atoms with E-state index in [-0.39, 0.29) is 18.2 Å². The Morgan fingerprint density at radius 2 is 1.85 bits per heavy atom. The number of halogens is 1. The zero-order valence-corrected chi connectivity index (χ0v) is 14.3. The van der Waals surface area contributed by atoms with E-state index in [0.717, 1.165) is 11.1 Å². The molecule has 3 aromatic rings. The SMILES string of the molecule is O=C(N/N=C\c1ccc(OCc2cccc(F)c2)cc1)c1cccc(O)c1. The Morgan fingerprint density at radius 1 is 1.07 bits per heavy atom. The lowest BCUT2D eigenvalue weighted by Gasteiger charge is -2.06. The second-order valence-corrected chi connectivity index (χ2v) is 5.74. The van der Waals surface area contributed by atoms with Crippen LogP contribution in [-0.4, -0.2) is 17.2 Å². The number of hydrogen-bond donors (Lipinski definition) is 2. The van der Waals surface area contributed by atoms with Crippen LogP contribution in [0.5, 0.6) is 11.5 Å². The molecule has 3 rings (SSSR count). The zero-order valence-electron chi connectivity index (χ0n) is 14.3. The molecule has 0 radical (unpaired) electrons. The normalized spacial score (nSPS) is 10.7. The van der Waals surface area contributed by atoms with Gasteiger partial charge in [-0.2, -0.15) is 5.10 Å². The number of carbonyl (C=O) groups excluding carboxylic acids is 1. The van der Waals surface area contributed by atoms with E-state index in [9.17, 15) is 14.3 Å². The summed E-state index contributed by atoms with van der Waals surface area (Å²) >= 11 is 0. The van der Waals surface area contributed by atoms with Gasteiger partial charge >= 0.3 is 0 Å². The van der Waals surface area contributed by atoms with Crippen molar-refractivity contribution >= 4 is 12.1 Å². The molecule has 0 aromatic heterocycles. The molecule has 2 N–H and O–H groups in total. The molecule has 0 bridgehead atoms. The Kier molecular flexibility index (Phi) is 5.79. The summed E-state index contributed by atoms with van der Waals surface area (Å²) in [7, 11) is 0. The van der Waals surface area contributed by atoms with Gasteiger partial charge in [0.2, 0.25) is 0 Å². The van der Waals surface area contributed by atoms with Gasteiger partial charge in [-0.3, -0.25) is 4.79 Å². The quantitative estimate of drug-likeness (QED) is 0.515. The zero-order chi connectivity index (χ0) is 19.1. The third-order valence-corrected chi connectivity index (χ3v) is 3.66. The molecule has 27 heavy (non-hydrogen) atoms. The van der Waals surface area contributed by atoms with Crippen LogP contribution in [0.2, 0.25) is 0 Å². The third kappa shape index (κ3) is 5.40. The van der Waals surface area contributed by atoms with Gasteiger partial charge in [-0.05, 0) is 65.7 Å². The topological polar surface area (TPSA) is 70.9 Å². The van der Waals surface area contributed by atoms with Gasteiger partial charge < -0.3 is 9.84 Å². The van der Waals surface area contributed by atoms with Gasteiger partial charge in [0.05, 0.1) is 6.21 Å². The number of aromatic hydroxyl groups is 1. The van der Waals surface area contributed by atoms with E-state index in [4.69, 9.17) is 4.74 Å². The van der Waals surface area contributed by atoms with Crippen molar-refractivity contribution in [2.24, 2.45) is 5.10 Å². The smallest absolute Gasteiger partial charge is 0.271 e. The number of benzene rings is 3. The Morgan fingerprint density at radius 3 is 2.59 bits per heavy atom. The number of hydrazone groups is 1. The van der Waals surface area contributed by atoms with Gasteiger partial charge in [0, 0.05) is 5.56 Å². The van der Waals surface area contributed by atoms with E-state index in [1.807, 2.05) is 0 Å². The van der Waals surface area contributed by atoms with Crippen molar-refractivity contribution in [2.75, 3.05) is 0 Å². The summed E-state index contributed by atoms with van der Waals surface area (Å²) in [6.45, 7) is 0.269. The largest absolute Gasteiger partial charge is 0.508 e. The molecule has 0 saturated carbocycles. The lowest BCUT2D eigenvalue weighted by atomic mass is 10.2. The second kappa shape index (κ2) is 8.62. The van der Waals surface area contributed by atoms with Gasteiger partial charge in [-0.15, -0.1) is 0 Å². The summed E-state index contributed by atoms with van der Waals surface area (Å²) in [4.78, 5) is 11.9. The van der Waals surface area contributed by atoms with Crippen LogP contribution in [0.1, 0.15) is 21.5 Å². The van der Waals surface area contributed by atoms with Crippen LogP contribution in [0.3, 0.4) is 0 Å². The first kappa shape index (κ1) is 18.1. The number of hydrogen-bond acceptors (Lipinski definition) is 4. The van der Waals surface area contributed by atoms with Crippen LogP contribution in [0.4, 0.5) is 4.39 Å². The lowest BCUT2D eigenvalue weighted by molar-refractivity contribution is 0.0954. The highest BCUT2D eigenvalue weighted by molar-refractivity contribution is 5.95. The Labute approximate surface area is 155 Å². The number of phenols is 1. The molecule has 0 aliphatic heterocycles. The van der Waals surface area contributed by atoms with E-state index >= 15 is 0 Å². The van der Waals surface area contributed by atoms with Gasteiger partial charge in [-0.25, -0.2) is 9.82 Å². The number of nitrogens with zero attached hydrogens (tertiary/aromatic N) is 1. The average Bonchev–Trinajstić information content (AvgIpc) is 2.67. The molecule has 3 aromatic carbocycles. The molecule has 0 fully saturated rings. The minimum Gasteiger partial charge on any atom is -0.508 e. The number of carbonyl (C=O) groups is 1. The van der Waals surface area contributed by atoms with E-state index in [1.54, 1.807) is 48.5 Å². The molecule has 0 aliphatic rings. The van der Waals surface area contributed by atoms with Crippen molar-refractivity contribution in [1.82, 2.24) is 5.43 Å². The van der Waals surface area contributed by atoms with Gasteiger partial charge in [0.25, 0.3) is 5.91 Å². The number of rotatable bonds is 6. The molecule has 136 valence electrons. The molecule has 0 aliphatic carbocycles. The predicted octanol–water partition coefficient (Wildman–Crippen LogP) is 3.87.